The molecule has 1 rings (SSSR count). The molecule has 1 fully saturated rings. The molecule has 0 radical (unpaired) electrons. The molecular formula is C8H15F3N2O. The number of ether oxygens (including phenoxy) is 1. The SMILES string of the molecule is NC1(CNCCC(F)(F)F)CCOC1. The number of rotatable bonds is 4. The lowest BCUT2D eigenvalue weighted by Gasteiger charge is -2.22. The van der Waals surface area contributed by atoms with Gasteiger partial charge in [-0.15, -0.1) is 0 Å². The quantitative estimate of drug-likeness (QED) is 0.672. The van der Waals surface area contributed by atoms with Gasteiger partial charge < -0.3 is 15.8 Å². The zero-order valence-corrected chi connectivity index (χ0v) is 7.86. The van der Waals surface area contributed by atoms with Gasteiger partial charge in [-0.1, -0.05) is 0 Å². The summed E-state index contributed by atoms with van der Waals surface area (Å²) in [5, 5.41) is 2.70. The number of hydrogen-bond donors (Lipinski definition) is 2. The minimum Gasteiger partial charge on any atom is -0.379 e. The van der Waals surface area contributed by atoms with Crippen LogP contribution in [0.5, 0.6) is 0 Å². The highest BCUT2D eigenvalue weighted by molar-refractivity contribution is 4.89. The molecule has 1 aliphatic heterocycles. The van der Waals surface area contributed by atoms with Crippen molar-refractivity contribution < 1.29 is 17.9 Å². The molecule has 0 spiro atoms. The normalized spacial score (nSPS) is 28.3. The molecule has 1 heterocycles. The molecule has 84 valence electrons. The molecule has 0 amide bonds. The lowest BCUT2D eigenvalue weighted by atomic mass is 10.0. The van der Waals surface area contributed by atoms with Crippen LogP contribution in [-0.2, 0) is 4.74 Å². The van der Waals surface area contributed by atoms with Crippen LogP contribution >= 0.6 is 0 Å². The first-order chi connectivity index (χ1) is 6.41. The molecule has 1 unspecified atom stereocenters. The second kappa shape index (κ2) is 4.46. The Morgan fingerprint density at radius 3 is 2.64 bits per heavy atom. The fraction of sp³-hybridized carbons (Fsp3) is 1.00. The van der Waals surface area contributed by atoms with Crippen molar-refractivity contribution in [3.05, 3.63) is 0 Å². The van der Waals surface area contributed by atoms with E-state index in [1.165, 1.54) is 0 Å². The molecule has 0 aliphatic carbocycles. The van der Waals surface area contributed by atoms with Crippen LogP contribution in [0.25, 0.3) is 0 Å². The summed E-state index contributed by atoms with van der Waals surface area (Å²) >= 11 is 0. The van der Waals surface area contributed by atoms with Crippen molar-refractivity contribution in [3.8, 4) is 0 Å². The highest BCUT2D eigenvalue weighted by Crippen LogP contribution is 2.18. The summed E-state index contributed by atoms with van der Waals surface area (Å²) in [6.45, 7) is 1.31. The third-order valence-corrected chi connectivity index (χ3v) is 2.20. The van der Waals surface area contributed by atoms with Gasteiger partial charge in [0.15, 0.2) is 0 Å². The van der Waals surface area contributed by atoms with Crippen molar-refractivity contribution in [1.29, 1.82) is 0 Å². The number of nitrogens with one attached hydrogen (secondary N) is 1. The van der Waals surface area contributed by atoms with Gasteiger partial charge in [0.1, 0.15) is 0 Å². The Balaban J connectivity index is 2.09. The van der Waals surface area contributed by atoms with E-state index in [0.29, 0.717) is 26.2 Å². The van der Waals surface area contributed by atoms with Gasteiger partial charge in [0.2, 0.25) is 0 Å². The van der Waals surface area contributed by atoms with Gasteiger partial charge in [-0.3, -0.25) is 0 Å². The average Bonchev–Trinajstić information content (AvgIpc) is 2.45. The van der Waals surface area contributed by atoms with Crippen molar-refractivity contribution >= 4 is 0 Å². The third kappa shape index (κ3) is 4.26. The lowest BCUT2D eigenvalue weighted by Crippen LogP contribution is -2.49. The first kappa shape index (κ1) is 11.7. The van der Waals surface area contributed by atoms with Crippen LogP contribution in [0, 0.1) is 0 Å². The third-order valence-electron chi connectivity index (χ3n) is 2.20. The van der Waals surface area contributed by atoms with Gasteiger partial charge >= 0.3 is 6.18 Å². The summed E-state index contributed by atoms with van der Waals surface area (Å²) in [5.41, 5.74) is 5.36. The second-order valence-electron chi connectivity index (χ2n) is 3.71. The maximum atomic E-state index is 11.8. The van der Waals surface area contributed by atoms with Crippen LogP contribution in [0.15, 0.2) is 0 Å². The summed E-state index contributed by atoms with van der Waals surface area (Å²) in [4.78, 5) is 0. The highest BCUT2D eigenvalue weighted by atomic mass is 19.4. The van der Waals surface area contributed by atoms with E-state index >= 15 is 0 Å². The van der Waals surface area contributed by atoms with E-state index in [1.807, 2.05) is 0 Å². The minimum absolute atomic E-state index is 0.0809. The fourth-order valence-electron chi connectivity index (χ4n) is 1.33. The van der Waals surface area contributed by atoms with Crippen molar-refractivity contribution in [2.45, 2.75) is 24.6 Å². The predicted molar refractivity (Wildman–Crippen MR) is 45.9 cm³/mol. The highest BCUT2D eigenvalue weighted by Gasteiger charge is 2.31. The summed E-state index contributed by atoms with van der Waals surface area (Å²) < 4.78 is 40.3. The molecule has 0 aromatic carbocycles. The van der Waals surface area contributed by atoms with E-state index in [-0.39, 0.29) is 6.54 Å². The maximum Gasteiger partial charge on any atom is 0.390 e. The largest absolute Gasteiger partial charge is 0.390 e. The van der Waals surface area contributed by atoms with Crippen molar-refractivity contribution in [3.63, 3.8) is 0 Å². The van der Waals surface area contributed by atoms with E-state index in [2.05, 4.69) is 5.32 Å². The molecule has 0 bridgehead atoms. The van der Waals surface area contributed by atoms with E-state index in [4.69, 9.17) is 10.5 Å². The standard InChI is InChI=1S/C8H15F3N2O/c9-8(10,11)1-3-13-5-7(12)2-4-14-6-7/h13H,1-6,12H2. The molecule has 1 aliphatic rings. The zero-order valence-electron chi connectivity index (χ0n) is 7.86. The maximum absolute atomic E-state index is 11.8. The molecule has 6 heteroatoms. The van der Waals surface area contributed by atoms with E-state index < -0.39 is 18.1 Å². The molecule has 1 atom stereocenters. The molecule has 3 N–H and O–H groups in total. The first-order valence-corrected chi connectivity index (χ1v) is 4.55. The summed E-state index contributed by atoms with van der Waals surface area (Å²) in [7, 11) is 0. The number of alkyl halides is 3. The molecular weight excluding hydrogens is 197 g/mol. The average molecular weight is 212 g/mol. The Labute approximate surface area is 80.8 Å². The molecule has 0 saturated carbocycles. The Kier molecular flexibility index (Phi) is 3.74. The van der Waals surface area contributed by atoms with Gasteiger partial charge in [0.05, 0.1) is 18.6 Å². The van der Waals surface area contributed by atoms with Gasteiger partial charge in [-0.05, 0) is 6.42 Å². The van der Waals surface area contributed by atoms with Gasteiger partial charge in [0, 0.05) is 19.7 Å². The van der Waals surface area contributed by atoms with Crippen LogP contribution in [0.3, 0.4) is 0 Å². The fourth-order valence-corrected chi connectivity index (χ4v) is 1.33. The Bertz CT molecular complexity index is 178. The second-order valence-corrected chi connectivity index (χ2v) is 3.71. The van der Waals surface area contributed by atoms with Crippen molar-refractivity contribution in [2.24, 2.45) is 5.73 Å². The van der Waals surface area contributed by atoms with Crippen LogP contribution in [0.4, 0.5) is 13.2 Å². The first-order valence-electron chi connectivity index (χ1n) is 4.55. The topological polar surface area (TPSA) is 47.3 Å². The molecule has 1 saturated heterocycles. The Morgan fingerprint density at radius 1 is 1.43 bits per heavy atom. The molecule has 14 heavy (non-hydrogen) atoms. The minimum atomic E-state index is -4.10. The summed E-state index contributed by atoms with van der Waals surface area (Å²) in [5.74, 6) is 0. The smallest absolute Gasteiger partial charge is 0.379 e. The Hall–Kier alpha value is -0.330. The van der Waals surface area contributed by atoms with Crippen LogP contribution < -0.4 is 11.1 Å². The zero-order chi connectivity index (χ0) is 10.7. The molecule has 3 nitrogen and oxygen atoms in total. The number of nitrogens with two attached hydrogens (primary N) is 1. The van der Waals surface area contributed by atoms with Crippen molar-refractivity contribution in [1.82, 2.24) is 5.32 Å². The van der Waals surface area contributed by atoms with Crippen molar-refractivity contribution in [2.75, 3.05) is 26.3 Å². The lowest BCUT2D eigenvalue weighted by molar-refractivity contribution is -0.133. The van der Waals surface area contributed by atoms with Gasteiger partial charge in [0.25, 0.3) is 0 Å². The van der Waals surface area contributed by atoms with Crippen LogP contribution in [0.2, 0.25) is 0 Å². The number of halogens is 3. The van der Waals surface area contributed by atoms with E-state index in [9.17, 15) is 13.2 Å². The molecule has 0 aromatic rings. The summed E-state index contributed by atoms with van der Waals surface area (Å²) in [6, 6.07) is 0. The van der Waals surface area contributed by atoms with E-state index in [0.717, 1.165) is 0 Å². The van der Waals surface area contributed by atoms with Crippen LogP contribution in [-0.4, -0.2) is 38.0 Å². The monoisotopic (exact) mass is 212 g/mol. The molecule has 0 aromatic heterocycles. The Morgan fingerprint density at radius 2 is 2.14 bits per heavy atom. The van der Waals surface area contributed by atoms with E-state index in [1.54, 1.807) is 0 Å². The summed E-state index contributed by atoms with van der Waals surface area (Å²) in [6.07, 6.45) is -4.21. The van der Waals surface area contributed by atoms with Gasteiger partial charge in [-0.2, -0.15) is 13.2 Å². The van der Waals surface area contributed by atoms with Crippen LogP contribution in [0.1, 0.15) is 12.8 Å². The number of hydrogen-bond acceptors (Lipinski definition) is 3. The predicted octanol–water partition coefficient (Wildman–Crippen LogP) is 0.646. The van der Waals surface area contributed by atoms with Gasteiger partial charge in [-0.25, -0.2) is 0 Å².